The van der Waals surface area contributed by atoms with Crippen LogP contribution in [-0.2, 0) is 6.54 Å². The summed E-state index contributed by atoms with van der Waals surface area (Å²) in [5.41, 5.74) is 6.16. The molecule has 0 N–H and O–H groups in total. The molecule has 27 heavy (non-hydrogen) atoms. The Balaban J connectivity index is 1.74. The summed E-state index contributed by atoms with van der Waals surface area (Å²) in [6, 6.07) is 6.13. The first-order valence-electron chi connectivity index (χ1n) is 9.94. The molecular weight excluding hydrogens is 358 g/mol. The third kappa shape index (κ3) is 3.65. The van der Waals surface area contributed by atoms with E-state index in [9.17, 15) is 0 Å². The van der Waals surface area contributed by atoms with Gasteiger partial charge in [-0.15, -0.1) is 0 Å². The SMILES string of the molecule is CCCN(Cc1c(C)nn2c(-c3ccc(C)cc3Cl)c(C)oc12)CC1CC1. The van der Waals surface area contributed by atoms with Crippen molar-refractivity contribution in [2.24, 2.45) is 5.92 Å². The molecule has 1 saturated carbocycles. The van der Waals surface area contributed by atoms with Gasteiger partial charge in [0.1, 0.15) is 11.5 Å². The lowest BCUT2D eigenvalue weighted by Crippen LogP contribution is -2.26. The molecule has 0 spiro atoms. The van der Waals surface area contributed by atoms with Gasteiger partial charge in [0, 0.05) is 18.7 Å². The highest BCUT2D eigenvalue weighted by Gasteiger charge is 2.27. The second-order valence-electron chi connectivity index (χ2n) is 7.95. The van der Waals surface area contributed by atoms with Crippen LogP contribution in [0.3, 0.4) is 0 Å². The van der Waals surface area contributed by atoms with Gasteiger partial charge in [0.15, 0.2) is 0 Å². The molecule has 1 fully saturated rings. The second-order valence-corrected chi connectivity index (χ2v) is 8.36. The summed E-state index contributed by atoms with van der Waals surface area (Å²) in [7, 11) is 0. The maximum absolute atomic E-state index is 6.54. The molecule has 1 aliphatic carbocycles. The Morgan fingerprint density at radius 1 is 1.26 bits per heavy atom. The molecule has 2 heterocycles. The van der Waals surface area contributed by atoms with E-state index in [1.165, 1.54) is 24.9 Å². The maximum Gasteiger partial charge on any atom is 0.227 e. The Kier molecular flexibility index (Phi) is 5.04. The average molecular weight is 386 g/mol. The third-order valence-corrected chi connectivity index (χ3v) is 5.76. The van der Waals surface area contributed by atoms with Gasteiger partial charge in [-0.25, -0.2) is 0 Å². The van der Waals surface area contributed by atoms with Crippen molar-refractivity contribution < 1.29 is 4.42 Å². The minimum absolute atomic E-state index is 0.733. The van der Waals surface area contributed by atoms with Gasteiger partial charge in [-0.05, 0) is 64.1 Å². The quantitative estimate of drug-likeness (QED) is 0.515. The van der Waals surface area contributed by atoms with Crippen LogP contribution in [0.5, 0.6) is 0 Å². The van der Waals surface area contributed by atoms with Crippen molar-refractivity contribution in [2.45, 2.75) is 53.5 Å². The normalized spacial score (nSPS) is 14.6. The number of aromatic nitrogens is 2. The number of fused-ring (bicyclic) bond motifs is 1. The summed E-state index contributed by atoms with van der Waals surface area (Å²) in [4.78, 5) is 2.55. The summed E-state index contributed by atoms with van der Waals surface area (Å²) in [5, 5.41) is 5.55. The summed E-state index contributed by atoms with van der Waals surface area (Å²) < 4.78 is 8.15. The standard InChI is InChI=1S/C22H28ClN3O/c1-5-10-25(12-17-7-8-17)13-19-15(3)24-26-21(16(4)27-22(19)26)18-9-6-14(2)11-20(18)23/h6,9,11,17H,5,7-8,10,12-13H2,1-4H3. The van der Waals surface area contributed by atoms with Crippen molar-refractivity contribution in [3.8, 4) is 11.3 Å². The van der Waals surface area contributed by atoms with Crippen LogP contribution in [0.15, 0.2) is 22.6 Å². The van der Waals surface area contributed by atoms with Gasteiger partial charge < -0.3 is 4.42 Å². The lowest BCUT2D eigenvalue weighted by Gasteiger charge is -2.20. The molecule has 4 nitrogen and oxygen atoms in total. The predicted molar refractivity (Wildman–Crippen MR) is 110 cm³/mol. The van der Waals surface area contributed by atoms with E-state index < -0.39 is 0 Å². The Morgan fingerprint density at radius 2 is 2.04 bits per heavy atom. The minimum atomic E-state index is 0.733. The number of hydrogen-bond donors (Lipinski definition) is 0. The van der Waals surface area contributed by atoms with Gasteiger partial charge in [-0.2, -0.15) is 9.61 Å². The van der Waals surface area contributed by atoms with E-state index in [-0.39, 0.29) is 0 Å². The Hall–Kier alpha value is -1.78. The molecule has 5 heteroatoms. The van der Waals surface area contributed by atoms with Crippen LogP contribution in [0.2, 0.25) is 5.02 Å². The van der Waals surface area contributed by atoms with Crippen LogP contribution in [0.25, 0.3) is 17.0 Å². The van der Waals surface area contributed by atoms with Gasteiger partial charge >= 0.3 is 0 Å². The van der Waals surface area contributed by atoms with Crippen LogP contribution in [0.4, 0.5) is 0 Å². The van der Waals surface area contributed by atoms with Crippen molar-refractivity contribution >= 4 is 17.3 Å². The van der Waals surface area contributed by atoms with Crippen molar-refractivity contribution in [3.63, 3.8) is 0 Å². The molecule has 1 aromatic carbocycles. The van der Waals surface area contributed by atoms with E-state index in [0.29, 0.717) is 0 Å². The van der Waals surface area contributed by atoms with Crippen molar-refractivity contribution in [3.05, 3.63) is 45.8 Å². The van der Waals surface area contributed by atoms with Crippen molar-refractivity contribution in [1.82, 2.24) is 14.5 Å². The van der Waals surface area contributed by atoms with Crippen LogP contribution in [0, 0.1) is 26.7 Å². The zero-order valence-corrected chi connectivity index (χ0v) is 17.4. The van der Waals surface area contributed by atoms with E-state index in [1.807, 2.05) is 24.4 Å². The lowest BCUT2D eigenvalue weighted by molar-refractivity contribution is 0.254. The Bertz CT molecular complexity index is 968. The monoisotopic (exact) mass is 385 g/mol. The van der Waals surface area contributed by atoms with E-state index in [4.69, 9.17) is 21.1 Å². The highest BCUT2D eigenvalue weighted by molar-refractivity contribution is 6.33. The van der Waals surface area contributed by atoms with E-state index in [2.05, 4.69) is 30.9 Å². The fourth-order valence-corrected chi connectivity index (χ4v) is 4.20. The highest BCUT2D eigenvalue weighted by Crippen LogP contribution is 2.35. The second kappa shape index (κ2) is 7.33. The van der Waals surface area contributed by atoms with Gasteiger partial charge in [0.2, 0.25) is 5.71 Å². The number of halogens is 1. The number of oxazole rings is 1. The lowest BCUT2D eigenvalue weighted by atomic mass is 10.1. The number of aryl methyl sites for hydroxylation is 3. The molecule has 4 rings (SSSR count). The fraction of sp³-hybridized carbons (Fsp3) is 0.500. The molecule has 0 atom stereocenters. The summed E-state index contributed by atoms with van der Waals surface area (Å²) in [6.45, 7) is 11.6. The zero-order chi connectivity index (χ0) is 19.1. The number of nitrogens with zero attached hydrogens (tertiary/aromatic N) is 3. The smallest absolute Gasteiger partial charge is 0.227 e. The largest absolute Gasteiger partial charge is 0.441 e. The van der Waals surface area contributed by atoms with Crippen LogP contribution < -0.4 is 0 Å². The van der Waals surface area contributed by atoms with Gasteiger partial charge in [-0.1, -0.05) is 30.7 Å². The molecule has 1 aliphatic rings. The van der Waals surface area contributed by atoms with Crippen LogP contribution >= 0.6 is 11.6 Å². The summed E-state index contributed by atoms with van der Waals surface area (Å²) >= 11 is 6.54. The predicted octanol–water partition coefficient (Wildman–Crippen LogP) is 5.79. The molecular formula is C22H28ClN3O. The van der Waals surface area contributed by atoms with Crippen LogP contribution in [0.1, 0.15) is 48.8 Å². The van der Waals surface area contributed by atoms with E-state index in [1.54, 1.807) is 0 Å². The van der Waals surface area contributed by atoms with E-state index >= 15 is 0 Å². The Labute approximate surface area is 166 Å². The molecule has 0 aliphatic heterocycles. The van der Waals surface area contributed by atoms with E-state index in [0.717, 1.165) is 64.4 Å². The summed E-state index contributed by atoms with van der Waals surface area (Å²) in [6.07, 6.45) is 3.91. The molecule has 144 valence electrons. The fourth-order valence-electron chi connectivity index (χ4n) is 3.88. The molecule has 3 aromatic rings. The number of benzene rings is 1. The summed E-state index contributed by atoms with van der Waals surface area (Å²) in [5.74, 6) is 1.73. The molecule has 0 bridgehead atoms. The van der Waals surface area contributed by atoms with Crippen molar-refractivity contribution in [1.29, 1.82) is 0 Å². The van der Waals surface area contributed by atoms with Gasteiger partial charge in [0.05, 0.1) is 16.3 Å². The first-order valence-corrected chi connectivity index (χ1v) is 10.3. The third-order valence-electron chi connectivity index (χ3n) is 5.45. The molecule has 0 radical (unpaired) electrons. The first-order chi connectivity index (χ1) is 13.0. The van der Waals surface area contributed by atoms with Gasteiger partial charge in [-0.3, -0.25) is 4.90 Å². The zero-order valence-electron chi connectivity index (χ0n) is 16.7. The number of rotatable bonds is 7. The van der Waals surface area contributed by atoms with Crippen LogP contribution in [-0.4, -0.2) is 27.6 Å². The Morgan fingerprint density at radius 3 is 2.70 bits per heavy atom. The maximum atomic E-state index is 6.54. The molecule has 2 aromatic heterocycles. The molecule has 0 unspecified atom stereocenters. The van der Waals surface area contributed by atoms with Gasteiger partial charge in [0.25, 0.3) is 0 Å². The molecule has 0 saturated heterocycles. The topological polar surface area (TPSA) is 33.7 Å². The average Bonchev–Trinajstić information content (AvgIpc) is 3.30. The molecule has 0 amide bonds. The number of hydrogen-bond acceptors (Lipinski definition) is 3. The minimum Gasteiger partial charge on any atom is -0.441 e. The first kappa shape index (κ1) is 18.6. The highest BCUT2D eigenvalue weighted by atomic mass is 35.5. The van der Waals surface area contributed by atoms with Crippen molar-refractivity contribution in [2.75, 3.05) is 13.1 Å².